The molecule has 1 amide bonds. The van der Waals surface area contributed by atoms with Gasteiger partial charge in [-0.1, -0.05) is 6.07 Å². The zero-order valence-corrected chi connectivity index (χ0v) is 15.3. The lowest BCUT2D eigenvalue weighted by Gasteiger charge is -2.25. The van der Waals surface area contributed by atoms with Crippen molar-refractivity contribution in [2.45, 2.75) is 58.1 Å². The Bertz CT molecular complexity index is 894. The zero-order chi connectivity index (χ0) is 18.5. The number of anilines is 1. The van der Waals surface area contributed by atoms with Crippen molar-refractivity contribution in [3.8, 4) is 0 Å². The summed E-state index contributed by atoms with van der Waals surface area (Å²) in [7, 11) is 0. The van der Waals surface area contributed by atoms with Gasteiger partial charge in [0.2, 0.25) is 5.91 Å². The van der Waals surface area contributed by atoms with Crippen molar-refractivity contribution in [3.63, 3.8) is 0 Å². The van der Waals surface area contributed by atoms with Gasteiger partial charge in [0.15, 0.2) is 0 Å². The maximum Gasteiger partial charge on any atom is 0.341 e. The molecule has 1 N–H and O–H groups in total. The van der Waals surface area contributed by atoms with E-state index in [4.69, 9.17) is 4.74 Å². The highest BCUT2D eigenvalue weighted by atomic mass is 16.5. The average Bonchev–Trinajstić information content (AvgIpc) is 3.02. The molecule has 1 saturated carbocycles. The number of benzene rings is 1. The molecule has 2 heterocycles. The second-order valence-electron chi connectivity index (χ2n) is 7.73. The smallest absolute Gasteiger partial charge is 0.341 e. The molecule has 2 aromatic rings. The normalized spacial score (nSPS) is 18.2. The van der Waals surface area contributed by atoms with Gasteiger partial charge in [0.1, 0.15) is 12.2 Å². The van der Waals surface area contributed by atoms with E-state index >= 15 is 0 Å². The van der Waals surface area contributed by atoms with Crippen LogP contribution in [-0.4, -0.2) is 21.7 Å². The summed E-state index contributed by atoms with van der Waals surface area (Å²) in [6.07, 6.45) is 5.26. The molecule has 2 aliphatic rings. The van der Waals surface area contributed by atoms with Crippen LogP contribution < -0.4 is 5.32 Å². The largest absolute Gasteiger partial charge is 0.457 e. The molecule has 0 saturated heterocycles. The lowest BCUT2D eigenvalue weighted by molar-refractivity contribution is -0.119. The molecule has 4 rings (SSSR count). The topological polar surface area (TPSA) is 73.2 Å². The van der Waals surface area contributed by atoms with Crippen molar-refractivity contribution >= 4 is 17.6 Å². The molecule has 1 aliphatic carbocycles. The monoisotopic (exact) mass is 353 g/mol. The van der Waals surface area contributed by atoms with E-state index in [0.29, 0.717) is 17.3 Å². The highest BCUT2D eigenvalue weighted by Gasteiger charge is 2.38. The summed E-state index contributed by atoms with van der Waals surface area (Å²) in [6.45, 7) is 5.79. The fourth-order valence-electron chi connectivity index (χ4n) is 3.46. The van der Waals surface area contributed by atoms with E-state index in [1.807, 2.05) is 43.7 Å². The number of nitrogens with zero attached hydrogens (tertiary/aromatic N) is 2. The summed E-state index contributed by atoms with van der Waals surface area (Å²) >= 11 is 0. The molecule has 0 spiro atoms. The molecule has 0 radical (unpaired) electrons. The van der Waals surface area contributed by atoms with Crippen LogP contribution in [-0.2, 0) is 21.6 Å². The number of esters is 1. The molecule has 6 nitrogen and oxygen atoms in total. The molecule has 6 heteroatoms. The van der Waals surface area contributed by atoms with Gasteiger partial charge in [0.25, 0.3) is 0 Å². The standard InChI is InChI=1S/C20H23N3O3/c1-12-15(10-23(22-12)14-5-4-6-14)18(24)26-11-13-7-8-17-16(9-13)20(2,3)19(25)21-17/h7-10,14H,4-6,11H2,1-3H3,(H,21,25). The summed E-state index contributed by atoms with van der Waals surface area (Å²) in [4.78, 5) is 24.5. The lowest BCUT2D eigenvalue weighted by atomic mass is 9.85. The van der Waals surface area contributed by atoms with E-state index in [2.05, 4.69) is 10.4 Å². The summed E-state index contributed by atoms with van der Waals surface area (Å²) in [6, 6.07) is 6.09. The first-order valence-electron chi connectivity index (χ1n) is 9.04. The Morgan fingerprint density at radius 3 is 2.85 bits per heavy atom. The second kappa shape index (κ2) is 5.97. The summed E-state index contributed by atoms with van der Waals surface area (Å²) in [5.74, 6) is -0.372. The Kier molecular flexibility index (Phi) is 3.86. The first kappa shape index (κ1) is 16.8. The van der Waals surface area contributed by atoms with Crippen molar-refractivity contribution in [1.82, 2.24) is 9.78 Å². The number of nitrogens with one attached hydrogen (secondary N) is 1. The number of rotatable bonds is 4. The molecule has 136 valence electrons. The minimum atomic E-state index is -0.574. The predicted molar refractivity (Wildman–Crippen MR) is 97.1 cm³/mol. The highest BCUT2D eigenvalue weighted by Crippen LogP contribution is 2.37. The number of amides is 1. The Morgan fingerprint density at radius 1 is 1.38 bits per heavy atom. The minimum absolute atomic E-state index is 0.0133. The van der Waals surface area contributed by atoms with Gasteiger partial charge < -0.3 is 10.1 Å². The van der Waals surface area contributed by atoms with E-state index in [1.165, 1.54) is 6.42 Å². The van der Waals surface area contributed by atoms with Crippen LogP contribution in [0.25, 0.3) is 0 Å². The van der Waals surface area contributed by atoms with E-state index < -0.39 is 5.41 Å². The summed E-state index contributed by atoms with van der Waals surface area (Å²) < 4.78 is 7.39. The van der Waals surface area contributed by atoms with Crippen molar-refractivity contribution in [2.75, 3.05) is 5.32 Å². The third kappa shape index (κ3) is 2.69. The van der Waals surface area contributed by atoms with Gasteiger partial charge in [-0.25, -0.2) is 4.79 Å². The van der Waals surface area contributed by atoms with Gasteiger partial charge in [-0.15, -0.1) is 0 Å². The molecule has 1 aromatic carbocycles. The average molecular weight is 353 g/mol. The van der Waals surface area contributed by atoms with E-state index in [9.17, 15) is 9.59 Å². The third-order valence-corrected chi connectivity index (χ3v) is 5.53. The fourth-order valence-corrected chi connectivity index (χ4v) is 3.46. The molecule has 0 atom stereocenters. The Labute approximate surface area is 152 Å². The number of ether oxygens (including phenoxy) is 1. The number of carbonyl (C=O) groups is 2. The maximum atomic E-state index is 12.5. The molecule has 1 fully saturated rings. The van der Waals surface area contributed by atoms with Crippen LogP contribution in [0.4, 0.5) is 5.69 Å². The van der Waals surface area contributed by atoms with Crippen molar-refractivity contribution < 1.29 is 14.3 Å². The van der Waals surface area contributed by atoms with Crippen LogP contribution in [0, 0.1) is 6.92 Å². The molecule has 26 heavy (non-hydrogen) atoms. The van der Waals surface area contributed by atoms with Crippen LogP contribution in [0.15, 0.2) is 24.4 Å². The van der Waals surface area contributed by atoms with E-state index in [0.717, 1.165) is 29.7 Å². The lowest BCUT2D eigenvalue weighted by Crippen LogP contribution is -2.26. The minimum Gasteiger partial charge on any atom is -0.457 e. The number of aryl methyl sites for hydroxylation is 1. The van der Waals surface area contributed by atoms with Gasteiger partial charge in [-0.3, -0.25) is 9.48 Å². The molecular formula is C20H23N3O3. The van der Waals surface area contributed by atoms with E-state index in [1.54, 1.807) is 6.20 Å². The van der Waals surface area contributed by atoms with Crippen molar-refractivity contribution in [1.29, 1.82) is 0 Å². The Balaban J connectivity index is 1.46. The zero-order valence-electron chi connectivity index (χ0n) is 15.3. The van der Waals surface area contributed by atoms with Crippen LogP contribution in [0.5, 0.6) is 0 Å². The quantitative estimate of drug-likeness (QED) is 0.854. The third-order valence-electron chi connectivity index (χ3n) is 5.53. The van der Waals surface area contributed by atoms with Gasteiger partial charge in [0.05, 0.1) is 17.2 Å². The summed E-state index contributed by atoms with van der Waals surface area (Å²) in [5, 5.41) is 7.33. The SMILES string of the molecule is Cc1nn(C2CCC2)cc1C(=O)OCc1ccc2c(c1)C(C)(C)C(=O)N2. The summed E-state index contributed by atoms with van der Waals surface area (Å²) in [5.41, 5.74) is 3.28. The van der Waals surface area contributed by atoms with E-state index in [-0.39, 0.29) is 18.5 Å². The first-order valence-corrected chi connectivity index (χ1v) is 9.04. The van der Waals surface area contributed by atoms with Gasteiger partial charge in [0, 0.05) is 11.9 Å². The van der Waals surface area contributed by atoms with Gasteiger partial charge >= 0.3 is 5.97 Å². The number of fused-ring (bicyclic) bond motifs is 1. The number of hydrogen-bond acceptors (Lipinski definition) is 4. The van der Waals surface area contributed by atoms with Crippen LogP contribution in [0.1, 0.15) is 66.3 Å². The molecular weight excluding hydrogens is 330 g/mol. The van der Waals surface area contributed by atoms with Crippen molar-refractivity contribution in [2.24, 2.45) is 0 Å². The first-order chi connectivity index (χ1) is 12.4. The highest BCUT2D eigenvalue weighted by molar-refractivity contribution is 6.05. The molecule has 0 unspecified atom stereocenters. The second-order valence-corrected chi connectivity index (χ2v) is 7.73. The van der Waals surface area contributed by atoms with Crippen LogP contribution in [0.3, 0.4) is 0 Å². The molecule has 1 aliphatic heterocycles. The number of aromatic nitrogens is 2. The Hall–Kier alpha value is -2.63. The van der Waals surface area contributed by atoms with Crippen LogP contribution >= 0.6 is 0 Å². The van der Waals surface area contributed by atoms with Gasteiger partial charge in [-0.05, 0) is 63.3 Å². The maximum absolute atomic E-state index is 12.5. The van der Waals surface area contributed by atoms with Gasteiger partial charge in [-0.2, -0.15) is 5.10 Å². The van der Waals surface area contributed by atoms with Crippen LogP contribution in [0.2, 0.25) is 0 Å². The van der Waals surface area contributed by atoms with Crippen molar-refractivity contribution in [3.05, 3.63) is 46.8 Å². The number of hydrogen-bond donors (Lipinski definition) is 1. The molecule has 0 bridgehead atoms. The fraction of sp³-hybridized carbons (Fsp3) is 0.450. The Morgan fingerprint density at radius 2 is 2.15 bits per heavy atom. The number of carbonyl (C=O) groups excluding carboxylic acids is 2. The molecule has 1 aromatic heterocycles. The predicted octanol–water partition coefficient (Wildman–Crippen LogP) is 3.50.